The van der Waals surface area contributed by atoms with Crippen molar-refractivity contribution < 1.29 is 5.11 Å². The van der Waals surface area contributed by atoms with Gasteiger partial charge in [0.15, 0.2) is 0 Å². The van der Waals surface area contributed by atoms with Gasteiger partial charge in [-0.2, -0.15) is 0 Å². The second kappa shape index (κ2) is 6.00. The molecule has 0 bridgehead atoms. The van der Waals surface area contributed by atoms with Crippen molar-refractivity contribution in [3.05, 3.63) is 76.7 Å². The number of rotatable bonds is 2. The van der Waals surface area contributed by atoms with Gasteiger partial charge in [-0.3, -0.25) is 4.79 Å². The zero-order valence-corrected chi connectivity index (χ0v) is 13.4. The maximum absolute atomic E-state index is 13.0. The molecule has 3 nitrogen and oxygen atoms in total. The summed E-state index contributed by atoms with van der Waals surface area (Å²) in [6.45, 7) is 0.716. The SMILES string of the molecule is O=c1c(-c2ccccc2)c(O)c(-c2ccccc2)c2n1CCCC2. The monoisotopic (exact) mass is 317 g/mol. The molecule has 0 atom stereocenters. The molecule has 1 aliphatic rings. The number of hydrogen-bond acceptors (Lipinski definition) is 2. The molecule has 0 saturated carbocycles. The number of aromatic hydroxyl groups is 1. The lowest BCUT2D eigenvalue weighted by Crippen LogP contribution is -2.29. The summed E-state index contributed by atoms with van der Waals surface area (Å²) in [6.07, 6.45) is 2.87. The summed E-state index contributed by atoms with van der Waals surface area (Å²) in [7, 11) is 0. The Kier molecular flexibility index (Phi) is 3.69. The van der Waals surface area contributed by atoms with Crippen molar-refractivity contribution in [3.63, 3.8) is 0 Å². The maximum atomic E-state index is 13.0. The van der Waals surface area contributed by atoms with E-state index in [1.807, 2.05) is 65.2 Å². The van der Waals surface area contributed by atoms with Crippen molar-refractivity contribution in [1.29, 1.82) is 0 Å². The lowest BCUT2D eigenvalue weighted by molar-refractivity contribution is 0.462. The van der Waals surface area contributed by atoms with Gasteiger partial charge >= 0.3 is 0 Å². The van der Waals surface area contributed by atoms with E-state index in [4.69, 9.17) is 0 Å². The van der Waals surface area contributed by atoms with Crippen LogP contribution in [0.4, 0.5) is 0 Å². The summed E-state index contributed by atoms with van der Waals surface area (Å²) in [5.41, 5.74) is 3.78. The molecule has 0 fully saturated rings. The lowest BCUT2D eigenvalue weighted by Gasteiger charge is -2.24. The van der Waals surface area contributed by atoms with Gasteiger partial charge in [0.25, 0.3) is 5.56 Å². The van der Waals surface area contributed by atoms with Crippen LogP contribution < -0.4 is 5.56 Å². The van der Waals surface area contributed by atoms with Crippen LogP contribution in [-0.4, -0.2) is 9.67 Å². The minimum Gasteiger partial charge on any atom is -0.506 e. The number of nitrogens with zero attached hydrogens (tertiary/aromatic N) is 1. The van der Waals surface area contributed by atoms with Crippen molar-refractivity contribution in [1.82, 2.24) is 4.57 Å². The van der Waals surface area contributed by atoms with E-state index >= 15 is 0 Å². The quantitative estimate of drug-likeness (QED) is 0.769. The molecule has 0 aliphatic carbocycles. The zero-order chi connectivity index (χ0) is 16.5. The van der Waals surface area contributed by atoms with Gasteiger partial charge in [-0.1, -0.05) is 60.7 Å². The molecule has 0 saturated heterocycles. The summed E-state index contributed by atoms with van der Waals surface area (Å²) in [4.78, 5) is 13.0. The topological polar surface area (TPSA) is 42.2 Å². The van der Waals surface area contributed by atoms with E-state index in [1.54, 1.807) is 0 Å². The molecular formula is C21H19NO2. The number of benzene rings is 2. The fourth-order valence-electron chi connectivity index (χ4n) is 3.59. The smallest absolute Gasteiger partial charge is 0.262 e. The molecule has 1 aliphatic heterocycles. The van der Waals surface area contributed by atoms with E-state index in [9.17, 15) is 9.90 Å². The first kappa shape index (κ1) is 14.8. The Morgan fingerprint density at radius 3 is 2.00 bits per heavy atom. The van der Waals surface area contributed by atoms with Gasteiger partial charge in [-0.05, 0) is 30.4 Å². The Labute approximate surface area is 140 Å². The fraction of sp³-hybridized carbons (Fsp3) is 0.190. The molecular weight excluding hydrogens is 298 g/mol. The molecule has 0 amide bonds. The highest BCUT2D eigenvalue weighted by Gasteiger charge is 2.24. The van der Waals surface area contributed by atoms with Crippen LogP contribution in [0.2, 0.25) is 0 Å². The summed E-state index contributed by atoms with van der Waals surface area (Å²) in [5, 5.41) is 11.0. The first-order chi connectivity index (χ1) is 11.8. The van der Waals surface area contributed by atoms with E-state index in [1.165, 1.54) is 0 Å². The normalized spacial score (nSPS) is 13.5. The standard InChI is InChI=1S/C21H19NO2/c23-20-18(15-9-3-1-4-10-15)17-13-7-8-14-22(17)21(24)19(20)16-11-5-2-6-12-16/h1-6,9-12,23H,7-8,13-14H2. The predicted molar refractivity (Wildman–Crippen MR) is 96.2 cm³/mol. The van der Waals surface area contributed by atoms with Crippen LogP contribution in [0.5, 0.6) is 5.75 Å². The zero-order valence-electron chi connectivity index (χ0n) is 13.4. The molecule has 24 heavy (non-hydrogen) atoms. The lowest BCUT2D eigenvalue weighted by atomic mass is 9.93. The first-order valence-corrected chi connectivity index (χ1v) is 8.37. The van der Waals surface area contributed by atoms with Gasteiger partial charge in [0.1, 0.15) is 5.75 Å². The van der Waals surface area contributed by atoms with Gasteiger partial charge in [-0.25, -0.2) is 0 Å². The predicted octanol–water partition coefficient (Wildman–Crippen LogP) is 4.22. The molecule has 120 valence electrons. The van der Waals surface area contributed by atoms with Gasteiger partial charge in [0.2, 0.25) is 0 Å². The Balaban J connectivity index is 2.08. The molecule has 4 rings (SSSR count). The summed E-state index contributed by atoms with van der Waals surface area (Å²) >= 11 is 0. The average molecular weight is 317 g/mol. The van der Waals surface area contributed by atoms with Crippen molar-refractivity contribution in [2.45, 2.75) is 25.8 Å². The molecule has 0 unspecified atom stereocenters. The third kappa shape index (κ3) is 2.33. The number of aromatic nitrogens is 1. The minimum atomic E-state index is -0.0897. The average Bonchev–Trinajstić information content (AvgIpc) is 2.64. The van der Waals surface area contributed by atoms with Crippen LogP contribution >= 0.6 is 0 Å². The van der Waals surface area contributed by atoms with Crippen LogP contribution in [0.3, 0.4) is 0 Å². The third-order valence-corrected chi connectivity index (χ3v) is 4.72. The van der Waals surface area contributed by atoms with Crippen molar-refractivity contribution in [2.24, 2.45) is 0 Å². The van der Waals surface area contributed by atoms with Gasteiger partial charge in [0.05, 0.1) is 5.56 Å². The highest BCUT2D eigenvalue weighted by atomic mass is 16.3. The van der Waals surface area contributed by atoms with Crippen LogP contribution in [0.15, 0.2) is 65.5 Å². The molecule has 2 aromatic carbocycles. The second-order valence-electron chi connectivity index (χ2n) is 6.19. The maximum Gasteiger partial charge on any atom is 0.262 e. The van der Waals surface area contributed by atoms with Crippen molar-refractivity contribution in [2.75, 3.05) is 0 Å². The largest absolute Gasteiger partial charge is 0.506 e. The van der Waals surface area contributed by atoms with Crippen LogP contribution in [0, 0.1) is 0 Å². The van der Waals surface area contributed by atoms with E-state index < -0.39 is 0 Å². The Morgan fingerprint density at radius 1 is 0.792 bits per heavy atom. The minimum absolute atomic E-state index is 0.0897. The molecule has 0 radical (unpaired) electrons. The summed E-state index contributed by atoms with van der Waals surface area (Å²) in [6, 6.07) is 19.3. The summed E-state index contributed by atoms with van der Waals surface area (Å²) in [5.74, 6) is 0.102. The Morgan fingerprint density at radius 2 is 1.38 bits per heavy atom. The van der Waals surface area contributed by atoms with Crippen LogP contribution in [0.1, 0.15) is 18.5 Å². The van der Waals surface area contributed by atoms with Crippen molar-refractivity contribution >= 4 is 0 Å². The number of fused-ring (bicyclic) bond motifs is 1. The Hall–Kier alpha value is -2.81. The number of hydrogen-bond donors (Lipinski definition) is 1. The van der Waals surface area contributed by atoms with E-state index in [-0.39, 0.29) is 11.3 Å². The Bertz CT molecular complexity index is 928. The number of pyridine rings is 1. The van der Waals surface area contributed by atoms with E-state index in [0.29, 0.717) is 12.1 Å². The van der Waals surface area contributed by atoms with Crippen molar-refractivity contribution in [3.8, 4) is 28.0 Å². The second-order valence-corrected chi connectivity index (χ2v) is 6.19. The van der Waals surface area contributed by atoms with Gasteiger partial charge in [0, 0.05) is 17.8 Å². The molecule has 2 heterocycles. The highest BCUT2D eigenvalue weighted by Crippen LogP contribution is 2.39. The van der Waals surface area contributed by atoms with Crippen LogP contribution in [0.25, 0.3) is 22.3 Å². The molecule has 1 aromatic heterocycles. The fourth-order valence-corrected chi connectivity index (χ4v) is 3.59. The van der Waals surface area contributed by atoms with E-state index in [0.717, 1.165) is 41.6 Å². The first-order valence-electron chi connectivity index (χ1n) is 8.37. The molecule has 0 spiro atoms. The summed E-state index contributed by atoms with van der Waals surface area (Å²) < 4.78 is 1.86. The molecule has 3 heteroatoms. The van der Waals surface area contributed by atoms with Crippen LogP contribution in [-0.2, 0) is 13.0 Å². The molecule has 1 N–H and O–H groups in total. The van der Waals surface area contributed by atoms with Gasteiger partial charge in [-0.15, -0.1) is 0 Å². The third-order valence-electron chi connectivity index (χ3n) is 4.72. The van der Waals surface area contributed by atoms with E-state index in [2.05, 4.69) is 0 Å². The van der Waals surface area contributed by atoms with Gasteiger partial charge < -0.3 is 9.67 Å². The molecule has 3 aromatic rings. The highest BCUT2D eigenvalue weighted by molar-refractivity contribution is 5.83.